The Kier molecular flexibility index (Phi) is 9.01. The molecule has 1 aliphatic heterocycles. The first-order valence-corrected chi connectivity index (χ1v) is 9.74. The number of fused-ring (bicyclic) bond motifs is 1. The minimum Gasteiger partial charge on any atom is -0.489 e. The summed E-state index contributed by atoms with van der Waals surface area (Å²) in [6.07, 6.45) is 4.70. The molecule has 7 nitrogen and oxygen atoms in total. The lowest BCUT2D eigenvalue weighted by Gasteiger charge is -2.18. The van der Waals surface area contributed by atoms with Crippen LogP contribution in [-0.2, 0) is 19.5 Å². The van der Waals surface area contributed by atoms with E-state index in [2.05, 4.69) is 43.4 Å². The summed E-state index contributed by atoms with van der Waals surface area (Å²) < 4.78 is 8.20. The second-order valence-electron chi connectivity index (χ2n) is 7.05. The van der Waals surface area contributed by atoms with Crippen LogP contribution in [0.4, 0.5) is 0 Å². The van der Waals surface area contributed by atoms with Crippen LogP contribution in [0.5, 0.6) is 5.75 Å². The van der Waals surface area contributed by atoms with Crippen LogP contribution in [0.1, 0.15) is 43.4 Å². The van der Waals surface area contributed by atoms with Crippen molar-refractivity contribution in [1.82, 2.24) is 25.4 Å². The molecule has 1 aromatic heterocycles. The van der Waals surface area contributed by atoms with E-state index in [1.54, 1.807) is 7.05 Å². The van der Waals surface area contributed by atoms with Gasteiger partial charge < -0.3 is 19.9 Å². The molecular formula is C20H31IN6O. The van der Waals surface area contributed by atoms with E-state index in [9.17, 15) is 0 Å². The zero-order valence-corrected chi connectivity index (χ0v) is 19.3. The van der Waals surface area contributed by atoms with Gasteiger partial charge in [0.1, 0.15) is 17.7 Å². The molecule has 2 aromatic rings. The number of ether oxygens (including phenoxy) is 1. The van der Waals surface area contributed by atoms with Gasteiger partial charge in [-0.05, 0) is 44.4 Å². The van der Waals surface area contributed by atoms with Crippen LogP contribution in [-0.4, -0.2) is 40.4 Å². The van der Waals surface area contributed by atoms with Crippen LogP contribution in [0.15, 0.2) is 29.3 Å². The molecular weight excluding hydrogens is 467 g/mol. The molecule has 1 unspecified atom stereocenters. The highest BCUT2D eigenvalue weighted by Crippen LogP contribution is 2.15. The quantitative estimate of drug-likeness (QED) is 0.364. The van der Waals surface area contributed by atoms with E-state index in [1.807, 2.05) is 25.1 Å². The third-order valence-corrected chi connectivity index (χ3v) is 4.71. The Morgan fingerprint density at radius 1 is 1.25 bits per heavy atom. The highest BCUT2D eigenvalue weighted by atomic mass is 127. The summed E-state index contributed by atoms with van der Waals surface area (Å²) in [5, 5.41) is 15.3. The number of aliphatic imine (C=N–C) groups is 1. The van der Waals surface area contributed by atoms with Gasteiger partial charge in [-0.25, -0.2) is 0 Å². The van der Waals surface area contributed by atoms with E-state index < -0.39 is 0 Å². The van der Waals surface area contributed by atoms with Gasteiger partial charge in [0.25, 0.3) is 0 Å². The summed E-state index contributed by atoms with van der Waals surface area (Å²) >= 11 is 0. The number of guanidine groups is 1. The second kappa shape index (κ2) is 11.2. The average Bonchev–Trinajstić information content (AvgIpc) is 2.88. The van der Waals surface area contributed by atoms with Crippen molar-refractivity contribution >= 4 is 29.9 Å². The predicted octanol–water partition coefficient (Wildman–Crippen LogP) is 3.06. The van der Waals surface area contributed by atoms with E-state index in [1.165, 1.54) is 24.8 Å². The molecule has 0 spiro atoms. The van der Waals surface area contributed by atoms with Crippen molar-refractivity contribution in [3.05, 3.63) is 41.5 Å². The molecule has 0 saturated carbocycles. The third kappa shape index (κ3) is 6.35. The maximum Gasteiger partial charge on any atom is 0.191 e. The van der Waals surface area contributed by atoms with Crippen LogP contribution < -0.4 is 15.4 Å². The molecule has 28 heavy (non-hydrogen) atoms. The molecule has 3 rings (SSSR count). The molecule has 1 aromatic carbocycles. The van der Waals surface area contributed by atoms with Gasteiger partial charge >= 0.3 is 0 Å². The van der Waals surface area contributed by atoms with Gasteiger partial charge in [-0.1, -0.05) is 18.6 Å². The van der Waals surface area contributed by atoms with Gasteiger partial charge in [0.15, 0.2) is 11.8 Å². The van der Waals surface area contributed by atoms with E-state index >= 15 is 0 Å². The summed E-state index contributed by atoms with van der Waals surface area (Å²) in [4.78, 5) is 4.29. The predicted molar refractivity (Wildman–Crippen MR) is 122 cm³/mol. The molecule has 0 bridgehead atoms. The van der Waals surface area contributed by atoms with Crippen LogP contribution in [0.3, 0.4) is 0 Å². The highest BCUT2D eigenvalue weighted by molar-refractivity contribution is 14.0. The maximum atomic E-state index is 5.96. The first-order chi connectivity index (χ1) is 13.2. The molecule has 1 atom stereocenters. The van der Waals surface area contributed by atoms with Crippen molar-refractivity contribution in [2.24, 2.45) is 4.99 Å². The van der Waals surface area contributed by atoms with Gasteiger partial charge in [0, 0.05) is 20.0 Å². The molecule has 154 valence electrons. The highest BCUT2D eigenvalue weighted by Gasteiger charge is 2.15. The molecule has 0 radical (unpaired) electrons. The lowest BCUT2D eigenvalue weighted by Crippen LogP contribution is -2.41. The van der Waals surface area contributed by atoms with E-state index in [0.717, 1.165) is 36.3 Å². The van der Waals surface area contributed by atoms with E-state index in [0.29, 0.717) is 13.1 Å². The van der Waals surface area contributed by atoms with Crippen molar-refractivity contribution in [3.8, 4) is 5.75 Å². The van der Waals surface area contributed by atoms with Gasteiger partial charge in [-0.15, -0.1) is 34.2 Å². The molecule has 0 saturated heterocycles. The van der Waals surface area contributed by atoms with Crippen LogP contribution in [0.25, 0.3) is 0 Å². The number of hydrogen-bond acceptors (Lipinski definition) is 4. The number of hydrogen-bond donors (Lipinski definition) is 2. The van der Waals surface area contributed by atoms with Gasteiger partial charge in [0.2, 0.25) is 0 Å². The Hall–Kier alpha value is -1.84. The van der Waals surface area contributed by atoms with Crippen molar-refractivity contribution in [3.63, 3.8) is 0 Å². The van der Waals surface area contributed by atoms with Crippen LogP contribution in [0.2, 0.25) is 0 Å². The summed E-state index contributed by atoms with van der Waals surface area (Å²) in [6.45, 7) is 6.38. The zero-order valence-electron chi connectivity index (χ0n) is 16.9. The Morgan fingerprint density at radius 3 is 2.89 bits per heavy atom. The maximum absolute atomic E-state index is 5.96. The Morgan fingerprint density at radius 2 is 2.11 bits per heavy atom. The fourth-order valence-electron chi connectivity index (χ4n) is 3.26. The summed E-state index contributed by atoms with van der Waals surface area (Å²) in [6, 6.07) is 8.09. The SMILES string of the molecule is CN=C(NCc1nnc2n1CCCCC2)NCC(C)Oc1cccc(C)c1.I. The third-order valence-electron chi connectivity index (χ3n) is 4.71. The molecule has 0 fully saturated rings. The number of rotatable bonds is 6. The van der Waals surface area contributed by atoms with Gasteiger partial charge in [-0.2, -0.15) is 0 Å². The van der Waals surface area contributed by atoms with E-state index in [-0.39, 0.29) is 30.1 Å². The Balaban J connectivity index is 0.00000280. The zero-order chi connectivity index (χ0) is 19.1. The Labute approximate surface area is 184 Å². The molecule has 0 aliphatic carbocycles. The summed E-state index contributed by atoms with van der Waals surface area (Å²) in [7, 11) is 1.77. The van der Waals surface area contributed by atoms with Gasteiger partial charge in [-0.3, -0.25) is 4.99 Å². The summed E-state index contributed by atoms with van der Waals surface area (Å²) in [5.41, 5.74) is 1.19. The first-order valence-electron chi connectivity index (χ1n) is 9.74. The Bertz CT molecular complexity index is 776. The standard InChI is InChI=1S/C20H30N6O.HI/c1-15-8-7-9-17(12-15)27-16(2)13-22-20(21-3)23-14-19-25-24-18-10-5-4-6-11-26(18)19;/h7-9,12,16H,4-6,10-11,13-14H2,1-3H3,(H2,21,22,23);1H. The minimum atomic E-state index is 0. The number of aromatic nitrogens is 3. The van der Waals surface area contributed by atoms with Crippen molar-refractivity contribution in [2.75, 3.05) is 13.6 Å². The van der Waals surface area contributed by atoms with Crippen molar-refractivity contribution < 1.29 is 4.74 Å². The van der Waals surface area contributed by atoms with Crippen LogP contribution in [0, 0.1) is 6.92 Å². The van der Waals surface area contributed by atoms with Crippen molar-refractivity contribution in [1.29, 1.82) is 0 Å². The first kappa shape index (κ1) is 22.4. The number of nitrogens with one attached hydrogen (secondary N) is 2. The monoisotopic (exact) mass is 498 g/mol. The largest absolute Gasteiger partial charge is 0.489 e. The normalized spacial score (nSPS) is 15.0. The summed E-state index contributed by atoms with van der Waals surface area (Å²) in [5.74, 6) is 3.70. The van der Waals surface area contributed by atoms with E-state index in [4.69, 9.17) is 4.74 Å². The molecule has 0 amide bonds. The molecule has 8 heteroatoms. The smallest absolute Gasteiger partial charge is 0.191 e. The fraction of sp³-hybridized carbons (Fsp3) is 0.550. The van der Waals surface area contributed by atoms with Crippen LogP contribution >= 0.6 is 24.0 Å². The molecule has 2 N–H and O–H groups in total. The van der Waals surface area contributed by atoms with Gasteiger partial charge in [0.05, 0.1) is 13.1 Å². The average molecular weight is 498 g/mol. The number of halogens is 1. The molecule has 1 aliphatic rings. The number of benzene rings is 1. The number of nitrogens with zero attached hydrogens (tertiary/aromatic N) is 4. The molecule has 2 heterocycles. The lowest BCUT2D eigenvalue weighted by molar-refractivity contribution is 0.223. The minimum absolute atomic E-state index is 0. The topological polar surface area (TPSA) is 76.4 Å². The lowest BCUT2D eigenvalue weighted by atomic mass is 10.2. The second-order valence-corrected chi connectivity index (χ2v) is 7.05. The number of aryl methyl sites for hydroxylation is 2. The van der Waals surface area contributed by atoms with Crippen molar-refractivity contribution in [2.45, 2.75) is 58.7 Å². The fourth-order valence-corrected chi connectivity index (χ4v) is 3.26.